The molecule has 1 amide bonds. The Morgan fingerprint density at radius 1 is 1.21 bits per heavy atom. The molecule has 120 valence electrons. The lowest BCUT2D eigenvalue weighted by atomic mass is 10.1. The Bertz CT molecular complexity index is 870. The molecule has 0 saturated carbocycles. The number of rotatable bonds is 3. The van der Waals surface area contributed by atoms with Gasteiger partial charge >= 0.3 is 5.97 Å². The Kier molecular flexibility index (Phi) is 4.44. The highest BCUT2D eigenvalue weighted by Gasteiger charge is 2.24. The van der Waals surface area contributed by atoms with E-state index in [1.807, 2.05) is 0 Å². The topological polar surface area (TPSA) is 67.8 Å². The van der Waals surface area contributed by atoms with Crippen LogP contribution in [-0.4, -0.2) is 17.8 Å². The van der Waals surface area contributed by atoms with E-state index in [1.54, 1.807) is 54.6 Å². The molecule has 3 rings (SSSR count). The van der Waals surface area contributed by atoms with Gasteiger partial charge in [-0.3, -0.25) is 4.79 Å². The van der Waals surface area contributed by atoms with Crippen molar-refractivity contribution in [1.29, 1.82) is 0 Å². The van der Waals surface area contributed by atoms with Crippen molar-refractivity contribution in [3.8, 4) is 0 Å². The Balaban J connectivity index is 1.84. The first-order chi connectivity index (χ1) is 11.5. The van der Waals surface area contributed by atoms with Crippen LogP contribution in [0.4, 0.5) is 5.69 Å². The highest BCUT2D eigenvalue weighted by Crippen LogP contribution is 2.21. The molecule has 0 spiro atoms. The number of nitrogens with zero attached hydrogens (tertiary/aromatic N) is 1. The summed E-state index contributed by atoms with van der Waals surface area (Å²) >= 11 is 5.94. The van der Waals surface area contributed by atoms with E-state index in [9.17, 15) is 9.59 Å². The van der Waals surface area contributed by atoms with Crippen LogP contribution in [0.2, 0.25) is 5.02 Å². The SMILES string of the molecule is CC(=O)Nc1ccc(/C=C2/N=C(c3cccc(Cl)c3)OC2=O)cc1. The lowest BCUT2D eigenvalue weighted by Crippen LogP contribution is -2.05. The molecule has 5 nitrogen and oxygen atoms in total. The largest absolute Gasteiger partial charge is 0.402 e. The van der Waals surface area contributed by atoms with Gasteiger partial charge in [-0.25, -0.2) is 9.79 Å². The van der Waals surface area contributed by atoms with Crippen LogP contribution in [0.3, 0.4) is 0 Å². The molecule has 24 heavy (non-hydrogen) atoms. The van der Waals surface area contributed by atoms with Crippen LogP contribution in [0.15, 0.2) is 59.2 Å². The summed E-state index contributed by atoms with van der Waals surface area (Å²) < 4.78 is 5.19. The first kappa shape index (κ1) is 16.0. The summed E-state index contributed by atoms with van der Waals surface area (Å²) in [7, 11) is 0. The van der Waals surface area contributed by atoms with Crippen LogP contribution < -0.4 is 5.32 Å². The molecule has 2 aromatic carbocycles. The Labute approximate surface area is 143 Å². The van der Waals surface area contributed by atoms with Gasteiger partial charge in [0.15, 0.2) is 5.70 Å². The highest BCUT2D eigenvalue weighted by molar-refractivity contribution is 6.31. The van der Waals surface area contributed by atoms with Gasteiger partial charge in [-0.15, -0.1) is 0 Å². The van der Waals surface area contributed by atoms with E-state index in [2.05, 4.69) is 10.3 Å². The number of aliphatic imine (C=N–C) groups is 1. The number of carbonyl (C=O) groups is 2. The van der Waals surface area contributed by atoms with Gasteiger partial charge in [0.25, 0.3) is 0 Å². The number of anilines is 1. The molecule has 2 aromatic rings. The van der Waals surface area contributed by atoms with Gasteiger partial charge in [0.2, 0.25) is 11.8 Å². The number of hydrogen-bond acceptors (Lipinski definition) is 4. The number of benzene rings is 2. The average Bonchev–Trinajstić information content (AvgIpc) is 2.90. The minimum Gasteiger partial charge on any atom is -0.402 e. The first-order valence-electron chi connectivity index (χ1n) is 7.17. The molecule has 1 N–H and O–H groups in total. The molecule has 0 radical (unpaired) electrons. The number of cyclic esters (lactones) is 1. The second-order valence-electron chi connectivity index (χ2n) is 5.15. The van der Waals surface area contributed by atoms with E-state index in [0.29, 0.717) is 16.3 Å². The van der Waals surface area contributed by atoms with E-state index in [1.165, 1.54) is 6.92 Å². The van der Waals surface area contributed by atoms with E-state index in [-0.39, 0.29) is 17.5 Å². The van der Waals surface area contributed by atoms with Crippen molar-refractivity contribution >= 4 is 41.1 Å². The predicted molar refractivity (Wildman–Crippen MR) is 92.8 cm³/mol. The molecule has 0 unspecified atom stereocenters. The van der Waals surface area contributed by atoms with Crippen LogP contribution in [0, 0.1) is 0 Å². The van der Waals surface area contributed by atoms with Crippen LogP contribution in [0.25, 0.3) is 6.08 Å². The second kappa shape index (κ2) is 6.68. The predicted octanol–water partition coefficient (Wildman–Crippen LogP) is 3.64. The Hall–Kier alpha value is -2.92. The normalized spacial score (nSPS) is 15.2. The number of amides is 1. The van der Waals surface area contributed by atoms with Gasteiger partial charge in [0.1, 0.15) is 0 Å². The van der Waals surface area contributed by atoms with E-state index >= 15 is 0 Å². The van der Waals surface area contributed by atoms with Gasteiger partial charge in [0.05, 0.1) is 0 Å². The zero-order valence-electron chi connectivity index (χ0n) is 12.7. The van der Waals surface area contributed by atoms with Gasteiger partial charge in [0, 0.05) is 23.2 Å². The molecule has 1 heterocycles. The minimum atomic E-state index is -0.518. The molecule has 1 aliphatic heterocycles. The lowest BCUT2D eigenvalue weighted by molar-refractivity contribution is -0.129. The molecular formula is C18H13ClN2O3. The van der Waals surface area contributed by atoms with E-state index in [4.69, 9.17) is 16.3 Å². The molecule has 6 heteroatoms. The molecule has 0 fully saturated rings. The smallest absolute Gasteiger partial charge is 0.363 e. The maximum atomic E-state index is 12.0. The average molecular weight is 341 g/mol. The molecule has 0 atom stereocenters. The molecule has 1 aliphatic rings. The fourth-order valence-corrected chi connectivity index (χ4v) is 2.37. The summed E-state index contributed by atoms with van der Waals surface area (Å²) in [5.41, 5.74) is 2.30. The van der Waals surface area contributed by atoms with Crippen molar-refractivity contribution in [2.45, 2.75) is 6.92 Å². The second-order valence-corrected chi connectivity index (χ2v) is 5.59. The third-order valence-electron chi connectivity index (χ3n) is 3.23. The van der Waals surface area contributed by atoms with Crippen molar-refractivity contribution in [1.82, 2.24) is 0 Å². The highest BCUT2D eigenvalue weighted by atomic mass is 35.5. The summed E-state index contributed by atoms with van der Waals surface area (Å²) in [6.07, 6.45) is 1.62. The van der Waals surface area contributed by atoms with Gasteiger partial charge in [-0.2, -0.15) is 0 Å². The third-order valence-corrected chi connectivity index (χ3v) is 3.46. The monoisotopic (exact) mass is 340 g/mol. The number of hydrogen-bond donors (Lipinski definition) is 1. The van der Waals surface area contributed by atoms with Crippen LogP contribution in [0.1, 0.15) is 18.1 Å². The van der Waals surface area contributed by atoms with Crippen molar-refractivity contribution in [2.24, 2.45) is 4.99 Å². The number of carbonyl (C=O) groups excluding carboxylic acids is 2. The summed E-state index contributed by atoms with van der Waals surface area (Å²) in [6.45, 7) is 1.44. The van der Waals surface area contributed by atoms with Gasteiger partial charge in [-0.1, -0.05) is 29.8 Å². The number of halogens is 1. The van der Waals surface area contributed by atoms with Crippen LogP contribution >= 0.6 is 11.6 Å². The van der Waals surface area contributed by atoms with Crippen molar-refractivity contribution in [3.05, 3.63) is 70.4 Å². The number of nitrogens with one attached hydrogen (secondary N) is 1. The standard InChI is InChI=1S/C18H13ClN2O3/c1-11(22)20-15-7-5-12(6-8-15)9-16-18(23)24-17(21-16)13-3-2-4-14(19)10-13/h2-10H,1H3,(H,20,22)/b16-9+. The maximum Gasteiger partial charge on any atom is 0.363 e. The van der Waals surface area contributed by atoms with Crippen LogP contribution in [-0.2, 0) is 14.3 Å². The fourth-order valence-electron chi connectivity index (χ4n) is 2.18. The number of ether oxygens (including phenoxy) is 1. The zero-order valence-corrected chi connectivity index (χ0v) is 13.5. The molecule has 0 aliphatic carbocycles. The molecule has 0 saturated heterocycles. The lowest BCUT2D eigenvalue weighted by Gasteiger charge is -2.01. The van der Waals surface area contributed by atoms with Gasteiger partial charge < -0.3 is 10.1 Å². The molecule has 0 bridgehead atoms. The third kappa shape index (κ3) is 3.70. The van der Waals surface area contributed by atoms with E-state index < -0.39 is 5.97 Å². The van der Waals surface area contributed by atoms with Crippen LogP contribution in [0.5, 0.6) is 0 Å². The fraction of sp³-hybridized carbons (Fsp3) is 0.0556. The zero-order chi connectivity index (χ0) is 17.1. The van der Waals surface area contributed by atoms with Crippen molar-refractivity contribution in [2.75, 3.05) is 5.32 Å². The first-order valence-corrected chi connectivity index (χ1v) is 7.55. The van der Waals surface area contributed by atoms with Gasteiger partial charge in [-0.05, 0) is 42.0 Å². The maximum absolute atomic E-state index is 12.0. The summed E-state index contributed by atoms with van der Waals surface area (Å²) in [4.78, 5) is 27.2. The van der Waals surface area contributed by atoms with E-state index in [0.717, 1.165) is 5.56 Å². The molecule has 0 aromatic heterocycles. The van der Waals surface area contributed by atoms with Crippen molar-refractivity contribution < 1.29 is 14.3 Å². The summed E-state index contributed by atoms with van der Waals surface area (Å²) in [5, 5.41) is 3.22. The minimum absolute atomic E-state index is 0.142. The van der Waals surface area contributed by atoms with Crippen molar-refractivity contribution in [3.63, 3.8) is 0 Å². The Morgan fingerprint density at radius 2 is 1.96 bits per heavy atom. The summed E-state index contributed by atoms with van der Waals surface area (Å²) in [5.74, 6) is -0.434. The quantitative estimate of drug-likeness (QED) is 0.685. The Morgan fingerprint density at radius 3 is 2.62 bits per heavy atom. The number of esters is 1. The summed E-state index contributed by atoms with van der Waals surface area (Å²) in [6, 6.07) is 14.0. The molecular weight excluding hydrogens is 328 g/mol.